The summed E-state index contributed by atoms with van der Waals surface area (Å²) in [6, 6.07) is 18.7. The van der Waals surface area contributed by atoms with Gasteiger partial charge >= 0.3 is 0 Å². The first-order valence-electron chi connectivity index (χ1n) is 18.4. The van der Waals surface area contributed by atoms with Gasteiger partial charge in [0.1, 0.15) is 58.2 Å². The van der Waals surface area contributed by atoms with E-state index in [0.717, 1.165) is 6.07 Å². The van der Waals surface area contributed by atoms with E-state index in [2.05, 4.69) is 65.5 Å². The summed E-state index contributed by atoms with van der Waals surface area (Å²) in [4.78, 5) is 49.3. The fraction of sp³-hybridized carbons (Fsp3) is 0.0952. The summed E-state index contributed by atoms with van der Waals surface area (Å²) < 4.78 is 56.0. The van der Waals surface area contributed by atoms with Crippen LogP contribution in [-0.2, 0) is 0 Å². The summed E-state index contributed by atoms with van der Waals surface area (Å²) in [5, 5.41) is 7.18. The lowest BCUT2D eigenvalue weighted by atomic mass is 9.98. The molecule has 0 bridgehead atoms. The van der Waals surface area contributed by atoms with Gasteiger partial charge in [0.25, 0.3) is 0 Å². The van der Waals surface area contributed by atoms with E-state index < -0.39 is 23.5 Å². The van der Waals surface area contributed by atoms with E-state index in [1.54, 1.807) is 36.8 Å². The van der Waals surface area contributed by atoms with Crippen LogP contribution in [0.4, 0.5) is 29.2 Å². The second-order valence-corrected chi connectivity index (χ2v) is 13.6. The fourth-order valence-corrected chi connectivity index (χ4v) is 6.77. The molecule has 18 heteroatoms. The number of benzene rings is 3. The van der Waals surface area contributed by atoms with Crippen molar-refractivity contribution in [3.63, 3.8) is 0 Å². The van der Waals surface area contributed by atoms with E-state index in [1.807, 2.05) is 32.0 Å². The molecule has 0 fully saturated rings. The number of H-pyrrole nitrogens is 2. The Morgan fingerprint density at radius 2 is 1.27 bits per heavy atom. The first-order chi connectivity index (χ1) is 29.2. The fourth-order valence-electron chi connectivity index (χ4n) is 6.77. The number of rotatable bonds is 8. The Balaban J connectivity index is 0.000000154. The number of fused-ring (bicyclic) bond motifs is 4. The van der Waals surface area contributed by atoms with Crippen molar-refractivity contribution in [2.75, 3.05) is 10.6 Å². The number of nitrogens with zero attached hydrogens (tertiary/aromatic N) is 10. The first-order valence-corrected chi connectivity index (χ1v) is 18.4. The third kappa shape index (κ3) is 7.44. The molecule has 7 heterocycles. The number of anilines is 2. The number of imidazole rings is 2. The highest BCUT2D eigenvalue weighted by atomic mass is 19.1. The second-order valence-electron chi connectivity index (χ2n) is 13.6. The van der Waals surface area contributed by atoms with Crippen LogP contribution in [0.25, 0.3) is 66.9 Å². The molecule has 0 aliphatic rings. The molecular formula is C42H30F4N14. The average molecular weight is 807 g/mol. The van der Waals surface area contributed by atoms with Crippen LogP contribution in [0, 0.1) is 23.3 Å². The quantitative estimate of drug-likeness (QED) is 0.107. The topological polar surface area (TPSA) is 185 Å². The van der Waals surface area contributed by atoms with Gasteiger partial charge in [0, 0.05) is 34.8 Å². The zero-order valence-electron chi connectivity index (χ0n) is 31.5. The van der Waals surface area contributed by atoms with E-state index in [9.17, 15) is 17.6 Å². The molecule has 0 saturated carbocycles. The van der Waals surface area contributed by atoms with Gasteiger partial charge in [0.2, 0.25) is 0 Å². The molecule has 0 unspecified atom stereocenters. The number of nitrogens with one attached hydrogen (secondary N) is 4. The van der Waals surface area contributed by atoms with E-state index in [-0.39, 0.29) is 28.6 Å². The maximum absolute atomic E-state index is 14.4. The molecule has 10 rings (SSSR count). The molecule has 0 spiro atoms. The Kier molecular flexibility index (Phi) is 9.84. The minimum absolute atomic E-state index is 0.121. The van der Waals surface area contributed by atoms with E-state index in [4.69, 9.17) is 4.98 Å². The van der Waals surface area contributed by atoms with Gasteiger partial charge in [-0.25, -0.2) is 62.4 Å². The lowest BCUT2D eigenvalue weighted by Gasteiger charge is -2.19. The van der Waals surface area contributed by atoms with Crippen LogP contribution in [0.2, 0.25) is 0 Å². The highest BCUT2D eigenvalue weighted by Gasteiger charge is 2.21. The standard InChI is InChI=1S/C22H15F3N6.C20H15FN8/c1-11(30-22-20-21(27-9-26-20)28-10-29-22)16-7-12-3-2-4-17(25)19(12)31-18(16)13-5-14(23)8-15(24)6-13;1-11(27-20-18-19(24-9-23-18)25-10-26-20)16-17(14-4-2-3-7-22-14)29-15-8-12(21)5-6-13(15)28-16/h2-11H,1H3,(H2,26,27,28,29,30);2-11H,1H3,(H2,23,24,25,26,27)/t2*11-/m00/s1. The van der Waals surface area contributed by atoms with Crippen molar-refractivity contribution in [3.05, 3.63) is 145 Å². The van der Waals surface area contributed by atoms with Crippen molar-refractivity contribution in [3.8, 4) is 22.6 Å². The number of para-hydroxylation sites is 1. The molecule has 296 valence electrons. The van der Waals surface area contributed by atoms with Gasteiger partial charge in [-0.15, -0.1) is 0 Å². The van der Waals surface area contributed by atoms with Crippen molar-refractivity contribution in [1.29, 1.82) is 0 Å². The van der Waals surface area contributed by atoms with Crippen molar-refractivity contribution in [2.45, 2.75) is 25.9 Å². The van der Waals surface area contributed by atoms with E-state index in [0.29, 0.717) is 73.0 Å². The van der Waals surface area contributed by atoms with Crippen LogP contribution >= 0.6 is 0 Å². The summed E-state index contributed by atoms with van der Waals surface area (Å²) in [6.07, 6.45) is 7.60. The molecule has 4 N–H and O–H groups in total. The highest BCUT2D eigenvalue weighted by Crippen LogP contribution is 2.34. The van der Waals surface area contributed by atoms with Crippen LogP contribution in [-0.4, -0.2) is 59.8 Å². The second kappa shape index (κ2) is 15.7. The minimum atomic E-state index is -0.744. The van der Waals surface area contributed by atoms with Gasteiger partial charge in [0.05, 0.1) is 52.9 Å². The monoisotopic (exact) mass is 806 g/mol. The third-order valence-corrected chi connectivity index (χ3v) is 9.55. The van der Waals surface area contributed by atoms with E-state index in [1.165, 1.54) is 49.3 Å². The predicted molar refractivity (Wildman–Crippen MR) is 217 cm³/mol. The lowest BCUT2D eigenvalue weighted by Crippen LogP contribution is -2.13. The molecule has 10 aromatic rings. The van der Waals surface area contributed by atoms with Crippen LogP contribution in [0.5, 0.6) is 0 Å². The number of hydrogen-bond acceptors (Lipinski definition) is 12. The number of hydrogen-bond donors (Lipinski definition) is 4. The molecule has 0 aliphatic heterocycles. The Morgan fingerprint density at radius 1 is 0.567 bits per heavy atom. The number of aromatic amines is 2. The van der Waals surface area contributed by atoms with Gasteiger partial charge in [0.15, 0.2) is 22.9 Å². The first kappa shape index (κ1) is 37.6. The average Bonchev–Trinajstić information content (AvgIpc) is 3.95. The molecule has 0 radical (unpaired) electrons. The number of aromatic nitrogens is 12. The summed E-state index contributed by atoms with van der Waals surface area (Å²) >= 11 is 0. The number of halogens is 4. The van der Waals surface area contributed by atoms with Crippen LogP contribution in [0.15, 0.2) is 110 Å². The van der Waals surface area contributed by atoms with Gasteiger partial charge in [-0.1, -0.05) is 18.2 Å². The summed E-state index contributed by atoms with van der Waals surface area (Å²) in [6.45, 7) is 3.81. The summed E-state index contributed by atoms with van der Waals surface area (Å²) in [5.41, 5.74) is 6.59. The Hall–Kier alpha value is -8.02. The lowest BCUT2D eigenvalue weighted by molar-refractivity contribution is 0.584. The molecule has 0 amide bonds. The molecule has 0 aliphatic carbocycles. The van der Waals surface area contributed by atoms with Crippen LogP contribution < -0.4 is 10.6 Å². The Labute approximate surface area is 336 Å². The molecule has 7 aromatic heterocycles. The normalized spacial score (nSPS) is 12.4. The van der Waals surface area contributed by atoms with Gasteiger partial charge in [-0.3, -0.25) is 4.98 Å². The maximum Gasteiger partial charge on any atom is 0.182 e. The Bertz CT molecular complexity index is 3160. The molecular weight excluding hydrogens is 777 g/mol. The molecule has 0 saturated heterocycles. The number of pyridine rings is 2. The zero-order chi connectivity index (χ0) is 41.3. The van der Waals surface area contributed by atoms with Crippen LogP contribution in [0.1, 0.15) is 37.2 Å². The van der Waals surface area contributed by atoms with Gasteiger partial charge < -0.3 is 20.6 Å². The SMILES string of the molecule is C[C@H](Nc1ncnc2nc[nH]c12)c1cc2cccc(F)c2nc1-c1cc(F)cc(F)c1.C[C@H](Nc1ncnc2nc[nH]c12)c1nc2ccc(F)cc2nc1-c1ccccn1. The summed E-state index contributed by atoms with van der Waals surface area (Å²) in [5.74, 6) is -1.25. The molecule has 2 atom stereocenters. The molecule has 60 heavy (non-hydrogen) atoms. The van der Waals surface area contributed by atoms with Gasteiger partial charge in [-0.05, 0) is 62.4 Å². The molecule has 3 aromatic carbocycles. The van der Waals surface area contributed by atoms with Crippen molar-refractivity contribution >= 4 is 55.9 Å². The van der Waals surface area contributed by atoms with Gasteiger partial charge in [-0.2, -0.15) is 0 Å². The van der Waals surface area contributed by atoms with Crippen molar-refractivity contribution in [1.82, 2.24) is 59.8 Å². The Morgan fingerprint density at radius 3 is 1.95 bits per heavy atom. The predicted octanol–water partition coefficient (Wildman–Crippen LogP) is 8.83. The highest BCUT2D eigenvalue weighted by molar-refractivity contribution is 5.86. The van der Waals surface area contributed by atoms with Crippen LogP contribution in [0.3, 0.4) is 0 Å². The van der Waals surface area contributed by atoms with Crippen molar-refractivity contribution in [2.24, 2.45) is 0 Å². The summed E-state index contributed by atoms with van der Waals surface area (Å²) in [7, 11) is 0. The third-order valence-electron chi connectivity index (χ3n) is 9.55. The largest absolute Gasteiger partial charge is 0.362 e. The smallest absolute Gasteiger partial charge is 0.182 e. The van der Waals surface area contributed by atoms with Crippen molar-refractivity contribution < 1.29 is 17.6 Å². The molecule has 14 nitrogen and oxygen atoms in total. The minimum Gasteiger partial charge on any atom is -0.362 e. The zero-order valence-corrected chi connectivity index (χ0v) is 31.5. The van der Waals surface area contributed by atoms with E-state index >= 15 is 0 Å². The maximum atomic E-state index is 14.4.